The zero-order chi connectivity index (χ0) is 11.8. The van der Waals surface area contributed by atoms with Crippen LogP contribution in [0, 0.1) is 5.41 Å². The first kappa shape index (κ1) is 11.0. The summed E-state index contributed by atoms with van der Waals surface area (Å²) in [4.78, 5) is 12.2. The fraction of sp³-hybridized carbons (Fsp3) is 0.462. The Balaban J connectivity index is 2.36. The van der Waals surface area contributed by atoms with E-state index in [0.717, 1.165) is 12.8 Å². The average Bonchev–Trinajstić information content (AvgIpc) is 3.06. The van der Waals surface area contributed by atoms with Crippen LogP contribution in [-0.2, 0) is 0 Å². The number of rotatable bonds is 4. The van der Waals surface area contributed by atoms with Crippen molar-refractivity contribution in [3.8, 4) is 11.5 Å². The second-order valence-corrected chi connectivity index (χ2v) is 4.46. The minimum Gasteiger partial charge on any atom is -0.497 e. The van der Waals surface area contributed by atoms with Crippen LogP contribution >= 0.6 is 0 Å². The van der Waals surface area contributed by atoms with Gasteiger partial charge in [0.1, 0.15) is 11.5 Å². The van der Waals surface area contributed by atoms with Gasteiger partial charge in [-0.2, -0.15) is 0 Å². The van der Waals surface area contributed by atoms with E-state index in [9.17, 15) is 4.79 Å². The lowest BCUT2D eigenvalue weighted by atomic mass is 9.96. The quantitative estimate of drug-likeness (QED) is 0.732. The van der Waals surface area contributed by atoms with Crippen molar-refractivity contribution < 1.29 is 14.3 Å². The third-order valence-corrected chi connectivity index (χ3v) is 3.20. The van der Waals surface area contributed by atoms with Crippen molar-refractivity contribution in [2.45, 2.75) is 19.8 Å². The van der Waals surface area contributed by atoms with Crippen LogP contribution in [0.1, 0.15) is 30.1 Å². The van der Waals surface area contributed by atoms with Crippen LogP contribution in [0.5, 0.6) is 11.5 Å². The Morgan fingerprint density at radius 3 is 2.44 bits per heavy atom. The van der Waals surface area contributed by atoms with Gasteiger partial charge in [0.05, 0.1) is 19.8 Å². The Labute approximate surface area is 95.4 Å². The molecule has 1 aliphatic rings. The van der Waals surface area contributed by atoms with Crippen LogP contribution in [0.4, 0.5) is 0 Å². The van der Waals surface area contributed by atoms with Crippen LogP contribution in [0.3, 0.4) is 0 Å². The Bertz CT molecular complexity index is 419. The highest BCUT2D eigenvalue weighted by atomic mass is 16.5. The standard InChI is InChI=1S/C13H16O3/c1-13(6-7-13)12(14)10-5-4-9(15-2)8-11(10)16-3/h4-5,8H,6-7H2,1-3H3. The first-order valence-electron chi connectivity index (χ1n) is 5.37. The summed E-state index contributed by atoms with van der Waals surface area (Å²) in [6, 6.07) is 5.32. The van der Waals surface area contributed by atoms with Crippen molar-refractivity contribution in [1.29, 1.82) is 0 Å². The van der Waals surface area contributed by atoms with E-state index in [1.54, 1.807) is 32.4 Å². The molecule has 0 amide bonds. The van der Waals surface area contributed by atoms with E-state index in [4.69, 9.17) is 9.47 Å². The summed E-state index contributed by atoms with van der Waals surface area (Å²) in [5.41, 5.74) is 0.491. The molecule has 0 aliphatic heterocycles. The molecular formula is C13H16O3. The number of methoxy groups -OCH3 is 2. The molecule has 86 valence electrons. The van der Waals surface area contributed by atoms with E-state index in [0.29, 0.717) is 17.1 Å². The lowest BCUT2D eigenvalue weighted by Gasteiger charge is -2.12. The smallest absolute Gasteiger partial charge is 0.172 e. The summed E-state index contributed by atoms with van der Waals surface area (Å²) in [5.74, 6) is 1.47. The van der Waals surface area contributed by atoms with Gasteiger partial charge in [0.25, 0.3) is 0 Å². The second-order valence-electron chi connectivity index (χ2n) is 4.46. The predicted molar refractivity (Wildman–Crippen MR) is 61.2 cm³/mol. The van der Waals surface area contributed by atoms with Gasteiger partial charge in [0.2, 0.25) is 0 Å². The van der Waals surface area contributed by atoms with E-state index in [-0.39, 0.29) is 11.2 Å². The molecule has 0 heterocycles. The molecule has 0 bridgehead atoms. The SMILES string of the molecule is COc1ccc(C(=O)C2(C)CC2)c(OC)c1. The molecule has 1 aromatic rings. The van der Waals surface area contributed by atoms with Crippen LogP contribution in [0.2, 0.25) is 0 Å². The molecule has 2 rings (SSSR count). The first-order valence-corrected chi connectivity index (χ1v) is 5.37. The van der Waals surface area contributed by atoms with E-state index >= 15 is 0 Å². The van der Waals surface area contributed by atoms with E-state index in [1.165, 1.54) is 0 Å². The summed E-state index contributed by atoms with van der Waals surface area (Å²) in [7, 11) is 3.17. The molecule has 0 aromatic heterocycles. The summed E-state index contributed by atoms with van der Waals surface area (Å²) in [6.45, 7) is 2.00. The first-order chi connectivity index (χ1) is 7.60. The normalized spacial score (nSPS) is 16.7. The third kappa shape index (κ3) is 1.77. The number of carbonyl (C=O) groups is 1. The molecule has 1 aromatic carbocycles. The van der Waals surface area contributed by atoms with E-state index in [1.807, 2.05) is 6.92 Å². The van der Waals surface area contributed by atoms with Crippen LogP contribution < -0.4 is 9.47 Å². The molecule has 16 heavy (non-hydrogen) atoms. The van der Waals surface area contributed by atoms with Crippen LogP contribution in [-0.4, -0.2) is 20.0 Å². The van der Waals surface area contributed by atoms with Crippen molar-refractivity contribution in [3.05, 3.63) is 23.8 Å². The predicted octanol–water partition coefficient (Wildman–Crippen LogP) is 2.69. The zero-order valence-corrected chi connectivity index (χ0v) is 9.87. The highest BCUT2D eigenvalue weighted by Crippen LogP contribution is 2.48. The van der Waals surface area contributed by atoms with Crippen molar-refractivity contribution in [2.24, 2.45) is 5.41 Å². The molecule has 1 saturated carbocycles. The molecule has 3 nitrogen and oxygen atoms in total. The number of Topliss-reactive ketones (excluding diaryl/α,β-unsaturated/α-hetero) is 1. The Morgan fingerprint density at radius 1 is 1.25 bits per heavy atom. The second kappa shape index (κ2) is 3.81. The summed E-state index contributed by atoms with van der Waals surface area (Å²) in [6.07, 6.45) is 1.95. The Hall–Kier alpha value is -1.51. The van der Waals surface area contributed by atoms with Crippen molar-refractivity contribution in [1.82, 2.24) is 0 Å². The lowest BCUT2D eigenvalue weighted by molar-refractivity contribution is 0.0909. The molecular weight excluding hydrogens is 204 g/mol. The fourth-order valence-corrected chi connectivity index (χ4v) is 1.73. The van der Waals surface area contributed by atoms with E-state index < -0.39 is 0 Å². The number of benzene rings is 1. The minimum atomic E-state index is -0.165. The highest BCUT2D eigenvalue weighted by molar-refractivity contribution is 6.04. The number of hydrogen-bond donors (Lipinski definition) is 0. The fourth-order valence-electron chi connectivity index (χ4n) is 1.73. The molecule has 0 atom stereocenters. The molecule has 0 radical (unpaired) electrons. The minimum absolute atomic E-state index is 0.165. The number of carbonyl (C=O) groups excluding carboxylic acids is 1. The topological polar surface area (TPSA) is 35.5 Å². The van der Waals surface area contributed by atoms with Crippen LogP contribution in [0.25, 0.3) is 0 Å². The number of ketones is 1. The summed E-state index contributed by atoms with van der Waals surface area (Å²) in [5, 5.41) is 0. The van der Waals surface area contributed by atoms with Crippen molar-refractivity contribution in [3.63, 3.8) is 0 Å². The summed E-state index contributed by atoms with van der Waals surface area (Å²) >= 11 is 0. The number of ether oxygens (including phenoxy) is 2. The Kier molecular flexibility index (Phi) is 2.62. The molecule has 1 fully saturated rings. The third-order valence-electron chi connectivity index (χ3n) is 3.20. The lowest BCUT2D eigenvalue weighted by Crippen LogP contribution is -2.13. The molecule has 3 heteroatoms. The van der Waals surface area contributed by atoms with Gasteiger partial charge >= 0.3 is 0 Å². The molecule has 1 aliphatic carbocycles. The van der Waals surface area contributed by atoms with Gasteiger partial charge in [0.15, 0.2) is 5.78 Å². The largest absolute Gasteiger partial charge is 0.497 e. The van der Waals surface area contributed by atoms with Gasteiger partial charge in [0, 0.05) is 11.5 Å². The van der Waals surface area contributed by atoms with Gasteiger partial charge in [-0.25, -0.2) is 0 Å². The van der Waals surface area contributed by atoms with Gasteiger partial charge in [-0.05, 0) is 25.0 Å². The maximum Gasteiger partial charge on any atom is 0.172 e. The highest BCUT2D eigenvalue weighted by Gasteiger charge is 2.45. The van der Waals surface area contributed by atoms with Crippen molar-refractivity contribution in [2.75, 3.05) is 14.2 Å². The van der Waals surface area contributed by atoms with E-state index in [2.05, 4.69) is 0 Å². The average molecular weight is 220 g/mol. The van der Waals surface area contributed by atoms with Gasteiger partial charge in [-0.1, -0.05) is 6.92 Å². The van der Waals surface area contributed by atoms with Crippen LogP contribution in [0.15, 0.2) is 18.2 Å². The van der Waals surface area contributed by atoms with Gasteiger partial charge in [-0.15, -0.1) is 0 Å². The molecule has 0 N–H and O–H groups in total. The summed E-state index contributed by atoms with van der Waals surface area (Å²) < 4.78 is 10.3. The Morgan fingerprint density at radius 2 is 1.94 bits per heavy atom. The monoisotopic (exact) mass is 220 g/mol. The van der Waals surface area contributed by atoms with Gasteiger partial charge < -0.3 is 9.47 Å². The maximum atomic E-state index is 12.2. The van der Waals surface area contributed by atoms with Gasteiger partial charge in [-0.3, -0.25) is 4.79 Å². The molecule has 0 unspecified atom stereocenters. The zero-order valence-electron chi connectivity index (χ0n) is 9.87. The number of hydrogen-bond acceptors (Lipinski definition) is 3. The maximum absolute atomic E-state index is 12.2. The molecule has 0 saturated heterocycles. The van der Waals surface area contributed by atoms with Crippen molar-refractivity contribution >= 4 is 5.78 Å². The molecule has 0 spiro atoms.